The number of nitrogens with zero attached hydrogens (tertiary/aromatic N) is 1. The molecule has 0 atom stereocenters. The molecule has 0 aromatic heterocycles. The minimum atomic E-state index is -1.48. The zero-order chi connectivity index (χ0) is 24.7. The molecule has 0 aliphatic carbocycles. The molecule has 0 radical (unpaired) electrons. The van der Waals surface area contributed by atoms with Crippen molar-refractivity contribution in [3.8, 4) is 0 Å². The van der Waals surface area contributed by atoms with Crippen LogP contribution in [-0.4, -0.2) is 28.7 Å². The van der Waals surface area contributed by atoms with Crippen LogP contribution in [0.4, 0.5) is 4.79 Å². The molecule has 4 amide bonds. The molecule has 7 nitrogen and oxygen atoms in total. The standard InChI is InChI=1S/C28H26N2O5/c31-24(18-10-11-19-25(32)35-20-21-12-4-1-5-13-21)30-26(33)28(29-27(30)34,22-14-6-2-7-15-22)23-16-8-3-9-17-23/h1-9,12-17H,10-11,18-20H2,(H,29,34). The van der Waals surface area contributed by atoms with E-state index in [0.29, 0.717) is 28.9 Å². The van der Waals surface area contributed by atoms with Crippen LogP contribution in [0.1, 0.15) is 42.4 Å². The van der Waals surface area contributed by atoms with Gasteiger partial charge in [0.15, 0.2) is 5.54 Å². The fraction of sp³-hybridized carbons (Fsp3) is 0.214. The molecule has 3 aromatic carbocycles. The van der Waals surface area contributed by atoms with Gasteiger partial charge in [-0.1, -0.05) is 91.0 Å². The van der Waals surface area contributed by atoms with Gasteiger partial charge in [-0.05, 0) is 29.5 Å². The first-order valence-electron chi connectivity index (χ1n) is 11.5. The molecule has 7 heteroatoms. The van der Waals surface area contributed by atoms with Gasteiger partial charge in [0.05, 0.1) is 0 Å². The largest absolute Gasteiger partial charge is 0.461 e. The lowest BCUT2D eigenvalue weighted by Crippen LogP contribution is -2.45. The van der Waals surface area contributed by atoms with Crippen LogP contribution in [0.2, 0.25) is 0 Å². The third kappa shape index (κ3) is 5.14. The summed E-state index contributed by atoms with van der Waals surface area (Å²) in [6, 6.07) is 26.4. The number of unbranched alkanes of at least 4 members (excludes halogenated alkanes) is 1. The molecule has 0 saturated carbocycles. The van der Waals surface area contributed by atoms with Crippen molar-refractivity contribution in [2.75, 3.05) is 0 Å². The van der Waals surface area contributed by atoms with E-state index in [0.717, 1.165) is 5.56 Å². The molecule has 1 aliphatic heterocycles. The first-order valence-corrected chi connectivity index (χ1v) is 11.5. The van der Waals surface area contributed by atoms with Crippen LogP contribution < -0.4 is 5.32 Å². The topological polar surface area (TPSA) is 92.8 Å². The monoisotopic (exact) mass is 470 g/mol. The second kappa shape index (κ2) is 10.8. The van der Waals surface area contributed by atoms with Gasteiger partial charge in [-0.25, -0.2) is 4.79 Å². The van der Waals surface area contributed by atoms with E-state index < -0.39 is 23.4 Å². The minimum Gasteiger partial charge on any atom is -0.461 e. The number of rotatable bonds is 9. The number of ether oxygens (including phenoxy) is 1. The Labute approximate surface area is 203 Å². The molecule has 35 heavy (non-hydrogen) atoms. The summed E-state index contributed by atoms with van der Waals surface area (Å²) in [5.41, 5.74) is 0.563. The number of benzene rings is 3. The maximum Gasteiger partial charge on any atom is 0.332 e. The highest BCUT2D eigenvalue weighted by atomic mass is 16.5. The van der Waals surface area contributed by atoms with Gasteiger partial charge in [0.1, 0.15) is 6.61 Å². The maximum absolute atomic E-state index is 13.6. The Morgan fingerprint density at radius 1 is 0.743 bits per heavy atom. The van der Waals surface area contributed by atoms with Gasteiger partial charge in [-0.3, -0.25) is 14.4 Å². The molecule has 4 rings (SSSR count). The van der Waals surface area contributed by atoms with Crippen molar-refractivity contribution in [3.63, 3.8) is 0 Å². The minimum absolute atomic E-state index is 0.0369. The van der Waals surface area contributed by atoms with Crippen molar-refractivity contribution in [2.45, 2.75) is 37.8 Å². The highest BCUT2D eigenvalue weighted by Crippen LogP contribution is 2.36. The average Bonchev–Trinajstić information content (AvgIpc) is 3.17. The first kappa shape index (κ1) is 23.9. The van der Waals surface area contributed by atoms with Gasteiger partial charge in [-0.2, -0.15) is 4.90 Å². The summed E-state index contributed by atoms with van der Waals surface area (Å²) in [5.74, 6) is -1.59. The van der Waals surface area contributed by atoms with E-state index in [2.05, 4.69) is 5.32 Å². The van der Waals surface area contributed by atoms with E-state index in [4.69, 9.17) is 4.74 Å². The zero-order valence-electron chi connectivity index (χ0n) is 19.2. The Morgan fingerprint density at radius 3 is 1.83 bits per heavy atom. The van der Waals surface area contributed by atoms with Crippen LogP contribution >= 0.6 is 0 Å². The van der Waals surface area contributed by atoms with Crippen molar-refractivity contribution in [1.29, 1.82) is 0 Å². The van der Waals surface area contributed by atoms with Crippen LogP contribution in [0.25, 0.3) is 0 Å². The molecule has 178 valence electrons. The summed E-state index contributed by atoms with van der Waals surface area (Å²) < 4.78 is 5.24. The van der Waals surface area contributed by atoms with Crippen LogP contribution in [0.15, 0.2) is 91.0 Å². The normalized spacial score (nSPS) is 14.5. The van der Waals surface area contributed by atoms with Gasteiger partial charge < -0.3 is 10.1 Å². The van der Waals surface area contributed by atoms with Crippen LogP contribution in [0.5, 0.6) is 0 Å². The SMILES string of the molecule is O=C(CCCCC(=O)N1C(=O)NC(c2ccccc2)(c2ccccc2)C1=O)OCc1ccccc1. The Hall–Kier alpha value is -4.26. The van der Waals surface area contributed by atoms with Crippen molar-refractivity contribution in [2.24, 2.45) is 0 Å². The van der Waals surface area contributed by atoms with Crippen molar-refractivity contribution in [1.82, 2.24) is 10.2 Å². The summed E-state index contributed by atoms with van der Waals surface area (Å²) in [7, 11) is 0. The zero-order valence-corrected chi connectivity index (χ0v) is 19.2. The van der Waals surface area contributed by atoms with Gasteiger partial charge >= 0.3 is 12.0 Å². The number of amides is 4. The third-order valence-electron chi connectivity index (χ3n) is 5.95. The summed E-state index contributed by atoms with van der Waals surface area (Å²) in [5, 5.41) is 2.76. The van der Waals surface area contributed by atoms with E-state index >= 15 is 0 Å². The maximum atomic E-state index is 13.6. The first-order chi connectivity index (χ1) is 17.0. The predicted molar refractivity (Wildman–Crippen MR) is 129 cm³/mol. The molecule has 1 heterocycles. The summed E-state index contributed by atoms with van der Waals surface area (Å²) >= 11 is 0. The van der Waals surface area contributed by atoms with E-state index in [-0.39, 0.29) is 25.4 Å². The molecule has 0 unspecified atom stereocenters. The summed E-state index contributed by atoms with van der Waals surface area (Å²) in [6.07, 6.45) is 0.870. The number of hydrogen-bond donors (Lipinski definition) is 1. The highest BCUT2D eigenvalue weighted by molar-refractivity contribution is 6.19. The molecular weight excluding hydrogens is 444 g/mol. The Balaban J connectivity index is 1.37. The second-order valence-corrected chi connectivity index (χ2v) is 8.30. The van der Waals surface area contributed by atoms with Crippen LogP contribution in [0, 0.1) is 0 Å². The number of nitrogens with one attached hydrogen (secondary N) is 1. The van der Waals surface area contributed by atoms with Crippen molar-refractivity contribution < 1.29 is 23.9 Å². The number of imide groups is 3. The van der Waals surface area contributed by atoms with Crippen molar-refractivity contribution in [3.05, 3.63) is 108 Å². The number of esters is 1. The van der Waals surface area contributed by atoms with Gasteiger partial charge in [0.2, 0.25) is 5.91 Å². The van der Waals surface area contributed by atoms with E-state index in [1.165, 1.54) is 0 Å². The van der Waals surface area contributed by atoms with E-state index in [1.807, 2.05) is 42.5 Å². The number of carbonyl (C=O) groups excluding carboxylic acids is 4. The van der Waals surface area contributed by atoms with Gasteiger partial charge in [0, 0.05) is 12.8 Å². The average molecular weight is 471 g/mol. The van der Waals surface area contributed by atoms with Crippen LogP contribution in [-0.2, 0) is 31.3 Å². The molecular formula is C28H26N2O5. The Kier molecular flexibility index (Phi) is 7.35. The fourth-order valence-corrected chi connectivity index (χ4v) is 4.16. The molecule has 1 saturated heterocycles. The molecule has 1 N–H and O–H groups in total. The number of carbonyl (C=O) groups is 4. The van der Waals surface area contributed by atoms with Crippen LogP contribution in [0.3, 0.4) is 0 Å². The second-order valence-electron chi connectivity index (χ2n) is 8.30. The summed E-state index contributed by atoms with van der Waals surface area (Å²) in [4.78, 5) is 52.0. The lowest BCUT2D eigenvalue weighted by molar-refractivity contribution is -0.146. The number of urea groups is 1. The lowest BCUT2D eigenvalue weighted by Gasteiger charge is -2.27. The van der Waals surface area contributed by atoms with Crippen molar-refractivity contribution >= 4 is 23.8 Å². The predicted octanol–water partition coefficient (Wildman–Crippen LogP) is 4.31. The molecule has 0 bridgehead atoms. The Bertz CT molecular complexity index is 1160. The molecule has 0 spiro atoms. The highest BCUT2D eigenvalue weighted by Gasteiger charge is 2.55. The molecule has 3 aromatic rings. The summed E-state index contributed by atoms with van der Waals surface area (Å²) in [6.45, 7) is 0.197. The van der Waals surface area contributed by atoms with E-state index in [9.17, 15) is 19.2 Å². The van der Waals surface area contributed by atoms with E-state index in [1.54, 1.807) is 48.5 Å². The molecule has 1 fully saturated rings. The van der Waals surface area contributed by atoms with Gasteiger partial charge in [-0.15, -0.1) is 0 Å². The fourth-order valence-electron chi connectivity index (χ4n) is 4.16. The Morgan fingerprint density at radius 2 is 1.26 bits per heavy atom. The lowest BCUT2D eigenvalue weighted by atomic mass is 9.82. The quantitative estimate of drug-likeness (QED) is 0.286. The van der Waals surface area contributed by atoms with Gasteiger partial charge in [0.25, 0.3) is 5.91 Å². The third-order valence-corrected chi connectivity index (χ3v) is 5.95. The number of hydrogen-bond acceptors (Lipinski definition) is 5. The molecule has 1 aliphatic rings. The smallest absolute Gasteiger partial charge is 0.332 e.